The summed E-state index contributed by atoms with van der Waals surface area (Å²) in [5.41, 5.74) is 0.795. The topological polar surface area (TPSA) is 38.1 Å². The number of hydrogen-bond acceptors (Lipinski definition) is 2. The van der Waals surface area contributed by atoms with Gasteiger partial charge in [0.1, 0.15) is 0 Å². The van der Waals surface area contributed by atoms with Gasteiger partial charge in [-0.1, -0.05) is 29.3 Å². The summed E-state index contributed by atoms with van der Waals surface area (Å²) in [4.78, 5) is 0. The van der Waals surface area contributed by atoms with Crippen LogP contribution in [0.4, 0.5) is 0 Å². The minimum Gasteiger partial charge on any atom is -0.505 e. The molecule has 0 saturated heterocycles. The first-order valence-electron chi connectivity index (χ1n) is 4.31. The normalized spacial score (nSPS) is 10.5. The third-order valence-electron chi connectivity index (χ3n) is 2.00. The fourth-order valence-electron chi connectivity index (χ4n) is 1.28. The molecule has 2 aromatic rings. The number of halogens is 2. The van der Waals surface area contributed by atoms with Gasteiger partial charge in [0.05, 0.1) is 18.9 Å². The van der Waals surface area contributed by atoms with E-state index in [-0.39, 0.29) is 5.75 Å². The quantitative estimate of drug-likeness (QED) is 0.880. The Labute approximate surface area is 96.9 Å². The van der Waals surface area contributed by atoms with Crippen LogP contribution in [0.5, 0.6) is 5.75 Å². The largest absolute Gasteiger partial charge is 0.505 e. The van der Waals surface area contributed by atoms with Crippen LogP contribution in [0.2, 0.25) is 10.0 Å². The standard InChI is InChI=1S/C10H8Cl2N2O/c11-9-2-1-3-10(12)8(9)6-14-5-7(15)4-13-14/h1-5,15H,6H2. The van der Waals surface area contributed by atoms with Gasteiger partial charge in [0, 0.05) is 15.6 Å². The highest BCUT2D eigenvalue weighted by atomic mass is 35.5. The zero-order chi connectivity index (χ0) is 10.8. The van der Waals surface area contributed by atoms with E-state index in [0.717, 1.165) is 5.56 Å². The fourth-order valence-corrected chi connectivity index (χ4v) is 1.80. The monoisotopic (exact) mass is 242 g/mol. The molecule has 15 heavy (non-hydrogen) atoms. The second kappa shape index (κ2) is 4.13. The summed E-state index contributed by atoms with van der Waals surface area (Å²) >= 11 is 12.0. The molecule has 0 aliphatic heterocycles. The van der Waals surface area contributed by atoms with E-state index in [2.05, 4.69) is 5.10 Å². The molecule has 5 heteroatoms. The van der Waals surface area contributed by atoms with Crippen molar-refractivity contribution in [2.75, 3.05) is 0 Å². The molecule has 0 bridgehead atoms. The molecular formula is C10H8Cl2N2O. The van der Waals surface area contributed by atoms with Gasteiger partial charge in [-0.15, -0.1) is 0 Å². The van der Waals surface area contributed by atoms with Crippen molar-refractivity contribution < 1.29 is 5.11 Å². The van der Waals surface area contributed by atoms with E-state index in [4.69, 9.17) is 28.3 Å². The molecule has 3 nitrogen and oxygen atoms in total. The highest BCUT2D eigenvalue weighted by Crippen LogP contribution is 2.25. The van der Waals surface area contributed by atoms with Gasteiger partial charge in [0.25, 0.3) is 0 Å². The number of aromatic nitrogens is 2. The summed E-state index contributed by atoms with van der Waals surface area (Å²) in [6, 6.07) is 5.33. The molecule has 0 radical (unpaired) electrons. The Morgan fingerprint density at radius 3 is 2.47 bits per heavy atom. The first kappa shape index (κ1) is 10.3. The highest BCUT2D eigenvalue weighted by Gasteiger charge is 2.06. The van der Waals surface area contributed by atoms with Crippen molar-refractivity contribution in [2.45, 2.75) is 6.54 Å². The fraction of sp³-hybridized carbons (Fsp3) is 0.100. The van der Waals surface area contributed by atoms with Gasteiger partial charge in [-0.25, -0.2) is 0 Å². The summed E-state index contributed by atoms with van der Waals surface area (Å²) < 4.78 is 1.57. The van der Waals surface area contributed by atoms with Gasteiger partial charge in [0.15, 0.2) is 5.75 Å². The van der Waals surface area contributed by atoms with Crippen LogP contribution in [0, 0.1) is 0 Å². The molecule has 0 atom stereocenters. The second-order valence-electron chi connectivity index (χ2n) is 3.10. The highest BCUT2D eigenvalue weighted by molar-refractivity contribution is 6.35. The number of nitrogens with zero attached hydrogens (tertiary/aromatic N) is 2. The summed E-state index contributed by atoms with van der Waals surface area (Å²) in [7, 11) is 0. The summed E-state index contributed by atoms with van der Waals surface area (Å²) in [5, 5.41) is 14.3. The van der Waals surface area contributed by atoms with Gasteiger partial charge in [-0.05, 0) is 12.1 Å². The van der Waals surface area contributed by atoms with Gasteiger partial charge in [0.2, 0.25) is 0 Å². The Kier molecular flexibility index (Phi) is 2.84. The zero-order valence-electron chi connectivity index (χ0n) is 7.69. The van der Waals surface area contributed by atoms with Crippen molar-refractivity contribution in [1.82, 2.24) is 9.78 Å². The molecule has 0 aliphatic rings. The van der Waals surface area contributed by atoms with Crippen molar-refractivity contribution in [2.24, 2.45) is 0 Å². The van der Waals surface area contributed by atoms with Crippen LogP contribution in [-0.4, -0.2) is 14.9 Å². The number of aromatic hydroxyl groups is 1. The molecule has 0 aliphatic carbocycles. The molecule has 0 fully saturated rings. The predicted octanol–water partition coefficient (Wildman–Crippen LogP) is 2.94. The number of benzene rings is 1. The molecule has 1 heterocycles. The van der Waals surface area contributed by atoms with Crippen LogP contribution in [0.1, 0.15) is 5.56 Å². The van der Waals surface area contributed by atoms with Crippen molar-refractivity contribution in [3.63, 3.8) is 0 Å². The van der Waals surface area contributed by atoms with Gasteiger partial charge in [-0.3, -0.25) is 4.68 Å². The maximum absolute atomic E-state index is 9.12. The van der Waals surface area contributed by atoms with Gasteiger partial charge in [-0.2, -0.15) is 5.10 Å². The maximum atomic E-state index is 9.12. The minimum atomic E-state index is 0.123. The van der Waals surface area contributed by atoms with Crippen LogP contribution in [0.25, 0.3) is 0 Å². The lowest BCUT2D eigenvalue weighted by Gasteiger charge is -2.06. The molecule has 0 spiro atoms. The van der Waals surface area contributed by atoms with E-state index < -0.39 is 0 Å². The van der Waals surface area contributed by atoms with E-state index >= 15 is 0 Å². The molecule has 78 valence electrons. The van der Waals surface area contributed by atoms with Crippen LogP contribution in [-0.2, 0) is 6.54 Å². The first-order valence-corrected chi connectivity index (χ1v) is 5.07. The Morgan fingerprint density at radius 2 is 1.93 bits per heavy atom. The summed E-state index contributed by atoms with van der Waals surface area (Å²) in [6.45, 7) is 0.444. The van der Waals surface area contributed by atoms with E-state index in [9.17, 15) is 0 Å². The number of rotatable bonds is 2. The van der Waals surface area contributed by atoms with Crippen molar-refractivity contribution in [3.05, 3.63) is 46.2 Å². The molecule has 0 unspecified atom stereocenters. The smallest absolute Gasteiger partial charge is 0.153 e. The lowest BCUT2D eigenvalue weighted by molar-refractivity contribution is 0.474. The summed E-state index contributed by atoms with van der Waals surface area (Å²) in [6.07, 6.45) is 2.88. The Hall–Kier alpha value is -1.19. The van der Waals surface area contributed by atoms with Crippen LogP contribution in [0.15, 0.2) is 30.6 Å². The maximum Gasteiger partial charge on any atom is 0.153 e. The third kappa shape index (κ3) is 2.25. The van der Waals surface area contributed by atoms with Crippen LogP contribution >= 0.6 is 23.2 Å². The average Bonchev–Trinajstić information content (AvgIpc) is 2.58. The Morgan fingerprint density at radius 1 is 1.27 bits per heavy atom. The summed E-state index contributed by atoms with van der Waals surface area (Å²) in [5.74, 6) is 0.123. The molecular weight excluding hydrogens is 235 g/mol. The average molecular weight is 243 g/mol. The van der Waals surface area contributed by atoms with Crippen LogP contribution < -0.4 is 0 Å². The molecule has 1 N–H and O–H groups in total. The second-order valence-corrected chi connectivity index (χ2v) is 3.91. The van der Waals surface area contributed by atoms with E-state index in [1.165, 1.54) is 12.4 Å². The van der Waals surface area contributed by atoms with E-state index in [0.29, 0.717) is 16.6 Å². The van der Waals surface area contributed by atoms with Crippen LogP contribution in [0.3, 0.4) is 0 Å². The SMILES string of the molecule is Oc1cnn(Cc2c(Cl)cccc2Cl)c1. The van der Waals surface area contributed by atoms with E-state index in [1.807, 2.05) is 0 Å². The van der Waals surface area contributed by atoms with Gasteiger partial charge >= 0.3 is 0 Å². The predicted molar refractivity (Wildman–Crippen MR) is 59.5 cm³/mol. The number of hydrogen-bond donors (Lipinski definition) is 1. The first-order chi connectivity index (χ1) is 7.16. The van der Waals surface area contributed by atoms with E-state index in [1.54, 1.807) is 22.9 Å². The van der Waals surface area contributed by atoms with Gasteiger partial charge < -0.3 is 5.11 Å². The van der Waals surface area contributed by atoms with Crippen molar-refractivity contribution in [1.29, 1.82) is 0 Å². The molecule has 0 saturated carbocycles. The molecule has 1 aromatic carbocycles. The molecule has 2 rings (SSSR count). The third-order valence-corrected chi connectivity index (χ3v) is 2.71. The minimum absolute atomic E-state index is 0.123. The molecule has 0 amide bonds. The lowest BCUT2D eigenvalue weighted by Crippen LogP contribution is -2.01. The Balaban J connectivity index is 2.31. The Bertz CT molecular complexity index is 462. The molecule has 1 aromatic heterocycles. The van der Waals surface area contributed by atoms with Crippen molar-refractivity contribution >= 4 is 23.2 Å². The van der Waals surface area contributed by atoms with Crippen molar-refractivity contribution in [3.8, 4) is 5.75 Å². The lowest BCUT2D eigenvalue weighted by atomic mass is 10.2. The zero-order valence-corrected chi connectivity index (χ0v) is 9.20.